The number of benzene rings is 2. The Balaban J connectivity index is 0.000000408. The SMILES string of the molecule is CC.CCCN1CCN(C(C)OC=O)C1=Nc1c(C)cc(N)cc1Cl.COc1cccc(CO[N+](=O)[O-])c1. The van der Waals surface area contributed by atoms with Crippen LogP contribution in [0.5, 0.6) is 5.75 Å². The van der Waals surface area contributed by atoms with Crippen LogP contribution in [0.15, 0.2) is 41.4 Å². The van der Waals surface area contributed by atoms with Gasteiger partial charge in [0.1, 0.15) is 12.4 Å². The number of nitrogens with zero attached hydrogens (tertiary/aromatic N) is 4. The van der Waals surface area contributed by atoms with E-state index in [2.05, 4.69) is 16.7 Å². The zero-order valence-electron chi connectivity index (χ0n) is 22.8. The summed E-state index contributed by atoms with van der Waals surface area (Å²) in [4.78, 5) is 33.6. The minimum Gasteiger partial charge on any atom is -0.497 e. The Morgan fingerprint density at radius 1 is 1.26 bits per heavy atom. The number of hydrogen-bond acceptors (Lipinski definition) is 8. The summed E-state index contributed by atoms with van der Waals surface area (Å²) in [6.07, 6.45) is 0.630. The molecule has 0 amide bonds. The molecule has 1 aliphatic heterocycles. The fourth-order valence-electron chi connectivity index (χ4n) is 3.62. The fourth-order valence-corrected chi connectivity index (χ4v) is 3.94. The molecule has 2 aromatic carbocycles. The molecule has 0 aromatic heterocycles. The molecule has 0 saturated carbocycles. The number of nitrogen functional groups attached to an aromatic ring is 1. The van der Waals surface area contributed by atoms with Crippen molar-refractivity contribution in [3.05, 3.63) is 62.7 Å². The highest BCUT2D eigenvalue weighted by molar-refractivity contribution is 6.33. The van der Waals surface area contributed by atoms with Gasteiger partial charge in [-0.2, -0.15) is 0 Å². The van der Waals surface area contributed by atoms with Crippen LogP contribution in [0, 0.1) is 17.0 Å². The number of nitrogens with two attached hydrogens (primary N) is 1. The number of aliphatic imine (C=N–C) groups is 1. The minimum absolute atomic E-state index is 0.0514. The Morgan fingerprint density at radius 2 is 1.97 bits per heavy atom. The number of hydrogen-bond donors (Lipinski definition) is 1. The number of halogens is 1. The van der Waals surface area contributed by atoms with Crippen molar-refractivity contribution < 1.29 is 24.2 Å². The summed E-state index contributed by atoms with van der Waals surface area (Å²) in [5, 5.41) is 9.58. The summed E-state index contributed by atoms with van der Waals surface area (Å²) in [5.41, 5.74) is 8.74. The smallest absolute Gasteiger partial charge is 0.294 e. The number of ether oxygens (including phenoxy) is 2. The van der Waals surface area contributed by atoms with Crippen molar-refractivity contribution in [2.45, 2.75) is 53.9 Å². The lowest BCUT2D eigenvalue weighted by Crippen LogP contribution is -2.40. The van der Waals surface area contributed by atoms with E-state index in [1.54, 1.807) is 30.3 Å². The summed E-state index contributed by atoms with van der Waals surface area (Å²) in [7, 11) is 1.54. The fraction of sp³-hybridized carbons (Fsp3) is 0.462. The van der Waals surface area contributed by atoms with Crippen molar-refractivity contribution in [3.63, 3.8) is 0 Å². The van der Waals surface area contributed by atoms with Crippen molar-refractivity contribution in [1.82, 2.24) is 9.80 Å². The first-order chi connectivity index (χ1) is 18.2. The average Bonchev–Trinajstić information content (AvgIpc) is 3.29. The zero-order chi connectivity index (χ0) is 28.7. The van der Waals surface area contributed by atoms with Crippen molar-refractivity contribution >= 4 is 35.4 Å². The van der Waals surface area contributed by atoms with Gasteiger partial charge in [0.15, 0.2) is 6.23 Å². The Morgan fingerprint density at radius 3 is 2.55 bits per heavy atom. The standard InChI is InChI=1S/C16H23ClN4O2.C8H9NO4.C2H6/c1-4-5-20-6-7-21(12(3)23-10-22)16(20)19-15-11(2)8-13(18)9-14(15)17;1-12-8-4-2-3-7(5-8)6-13-9(10)11;1-2/h8-10,12H,4-7,18H2,1-3H3;2-5H,6H2,1H3;1-2H3. The third-order valence-corrected chi connectivity index (χ3v) is 5.58. The van der Waals surface area contributed by atoms with Gasteiger partial charge < -0.3 is 29.8 Å². The van der Waals surface area contributed by atoms with Crippen LogP contribution in [0.4, 0.5) is 11.4 Å². The summed E-state index contributed by atoms with van der Waals surface area (Å²) >= 11 is 6.31. The lowest BCUT2D eigenvalue weighted by molar-refractivity contribution is -0.763. The average molecular weight is 552 g/mol. The van der Waals surface area contributed by atoms with Gasteiger partial charge in [-0.05, 0) is 55.7 Å². The van der Waals surface area contributed by atoms with Crippen molar-refractivity contribution in [1.29, 1.82) is 0 Å². The largest absolute Gasteiger partial charge is 0.497 e. The molecule has 1 atom stereocenters. The second-order valence-corrected chi connectivity index (χ2v) is 8.35. The molecule has 2 aromatic rings. The molecule has 0 radical (unpaired) electrons. The molecule has 2 N–H and O–H groups in total. The van der Waals surface area contributed by atoms with Gasteiger partial charge in [0.2, 0.25) is 5.96 Å². The number of rotatable bonds is 10. The van der Waals surface area contributed by atoms with Crippen LogP contribution >= 0.6 is 11.6 Å². The first kappa shape index (κ1) is 32.3. The van der Waals surface area contributed by atoms with Crippen LogP contribution in [0.25, 0.3) is 0 Å². The molecule has 1 fully saturated rings. The zero-order valence-corrected chi connectivity index (χ0v) is 23.6. The maximum atomic E-state index is 10.7. The Hall–Kier alpha value is -3.73. The van der Waals surface area contributed by atoms with Gasteiger partial charge in [-0.15, -0.1) is 10.1 Å². The van der Waals surface area contributed by atoms with Crippen LogP contribution in [0.2, 0.25) is 5.02 Å². The Labute approximate surface area is 229 Å². The highest BCUT2D eigenvalue weighted by atomic mass is 35.5. The first-order valence-electron chi connectivity index (χ1n) is 12.3. The van der Waals surface area contributed by atoms with Crippen LogP contribution < -0.4 is 10.5 Å². The third-order valence-electron chi connectivity index (χ3n) is 5.29. The Bertz CT molecular complexity index is 1050. The van der Waals surface area contributed by atoms with Crippen molar-refractivity contribution in [2.24, 2.45) is 4.99 Å². The number of carbonyl (C=O) groups is 1. The number of methoxy groups -OCH3 is 1. The van der Waals surface area contributed by atoms with E-state index in [4.69, 9.17) is 31.8 Å². The highest BCUT2D eigenvalue weighted by Crippen LogP contribution is 2.32. The molecule has 3 rings (SSSR count). The molecule has 1 saturated heterocycles. The summed E-state index contributed by atoms with van der Waals surface area (Å²) in [6, 6.07) is 10.5. The van der Waals surface area contributed by atoms with Crippen LogP contribution in [0.3, 0.4) is 0 Å². The minimum atomic E-state index is -0.820. The molecule has 1 unspecified atom stereocenters. The van der Waals surface area contributed by atoms with Crippen molar-refractivity contribution in [3.8, 4) is 5.75 Å². The van der Waals surface area contributed by atoms with Crippen LogP contribution in [-0.4, -0.2) is 60.3 Å². The second-order valence-electron chi connectivity index (χ2n) is 7.94. The van der Waals surface area contributed by atoms with E-state index in [-0.39, 0.29) is 12.8 Å². The predicted molar refractivity (Wildman–Crippen MR) is 149 cm³/mol. The van der Waals surface area contributed by atoms with E-state index >= 15 is 0 Å². The summed E-state index contributed by atoms with van der Waals surface area (Å²) < 4.78 is 10.0. The molecule has 0 spiro atoms. The number of guanidine groups is 1. The van der Waals surface area contributed by atoms with E-state index in [0.29, 0.717) is 34.2 Å². The molecule has 1 aliphatic rings. The molecule has 0 aliphatic carbocycles. The summed E-state index contributed by atoms with van der Waals surface area (Å²) in [6.45, 7) is 12.8. The predicted octanol–water partition coefficient (Wildman–Crippen LogP) is 5.19. The molecule has 12 heteroatoms. The van der Waals surface area contributed by atoms with Gasteiger partial charge in [0, 0.05) is 25.3 Å². The van der Waals surface area contributed by atoms with Crippen LogP contribution in [0.1, 0.15) is 45.2 Å². The second kappa shape index (κ2) is 16.9. The lowest BCUT2D eigenvalue weighted by atomic mass is 10.2. The van der Waals surface area contributed by atoms with Gasteiger partial charge in [-0.1, -0.05) is 44.5 Å². The van der Waals surface area contributed by atoms with Gasteiger partial charge in [0.05, 0.1) is 17.8 Å². The number of aryl methyl sites for hydroxylation is 1. The monoisotopic (exact) mass is 551 g/mol. The normalized spacial score (nSPS) is 14.0. The third kappa shape index (κ3) is 9.97. The molecular formula is C26H38ClN5O6. The molecule has 0 bridgehead atoms. The van der Waals surface area contributed by atoms with Gasteiger partial charge in [-0.25, -0.2) is 4.99 Å². The van der Waals surface area contributed by atoms with Gasteiger partial charge in [-0.3, -0.25) is 4.79 Å². The van der Waals surface area contributed by atoms with Gasteiger partial charge in [0.25, 0.3) is 11.6 Å². The quantitative estimate of drug-likeness (QED) is 0.183. The van der Waals surface area contributed by atoms with E-state index < -0.39 is 5.09 Å². The number of carbonyl (C=O) groups excluding carboxylic acids is 1. The maximum absolute atomic E-state index is 10.7. The lowest BCUT2D eigenvalue weighted by Gasteiger charge is -2.27. The first-order valence-corrected chi connectivity index (χ1v) is 12.7. The van der Waals surface area contributed by atoms with E-state index in [1.807, 2.05) is 38.7 Å². The number of anilines is 1. The Kier molecular flexibility index (Phi) is 14.4. The van der Waals surface area contributed by atoms with Crippen molar-refractivity contribution in [2.75, 3.05) is 32.5 Å². The van der Waals surface area contributed by atoms with E-state index in [0.717, 1.165) is 37.6 Å². The molecule has 38 heavy (non-hydrogen) atoms. The van der Waals surface area contributed by atoms with E-state index in [1.165, 1.54) is 7.11 Å². The van der Waals surface area contributed by atoms with E-state index in [9.17, 15) is 14.9 Å². The summed E-state index contributed by atoms with van der Waals surface area (Å²) in [5.74, 6) is 1.43. The van der Waals surface area contributed by atoms with Gasteiger partial charge >= 0.3 is 0 Å². The molecule has 1 heterocycles. The molecule has 210 valence electrons. The maximum Gasteiger partial charge on any atom is 0.294 e. The molecule has 11 nitrogen and oxygen atoms in total. The topological polar surface area (TPSA) is 133 Å². The highest BCUT2D eigenvalue weighted by Gasteiger charge is 2.30. The molecular weight excluding hydrogens is 514 g/mol. The van der Waals surface area contributed by atoms with Crippen LogP contribution in [-0.2, 0) is 21.0 Å².